The van der Waals surface area contributed by atoms with E-state index in [-0.39, 0.29) is 18.2 Å². The van der Waals surface area contributed by atoms with E-state index in [2.05, 4.69) is 0 Å². The van der Waals surface area contributed by atoms with Crippen molar-refractivity contribution in [2.24, 2.45) is 17.4 Å². The van der Waals surface area contributed by atoms with Crippen molar-refractivity contribution < 1.29 is 14.3 Å². The number of primary amides is 2. The summed E-state index contributed by atoms with van der Waals surface area (Å²) >= 11 is 0. The maximum Gasteiger partial charge on any atom is 0.246 e. The van der Waals surface area contributed by atoms with Gasteiger partial charge in [-0.2, -0.15) is 0 Å². The number of hydrogen-bond donors (Lipinski definition) is 2. The predicted octanol–water partition coefficient (Wildman–Crippen LogP) is -0.653. The van der Waals surface area contributed by atoms with Gasteiger partial charge in [-0.05, 0) is 25.2 Å². The van der Waals surface area contributed by atoms with Crippen LogP contribution >= 0.6 is 0 Å². The fourth-order valence-corrected chi connectivity index (χ4v) is 1.52. The summed E-state index contributed by atoms with van der Waals surface area (Å²) in [4.78, 5) is 21.4. The molecule has 2 unspecified atom stereocenters. The van der Waals surface area contributed by atoms with Crippen LogP contribution in [-0.2, 0) is 14.3 Å². The third-order valence-corrected chi connectivity index (χ3v) is 2.29. The van der Waals surface area contributed by atoms with Gasteiger partial charge in [0.1, 0.15) is 6.10 Å². The Bertz CT molecular complexity index is 230. The van der Waals surface area contributed by atoms with Crippen molar-refractivity contribution in [3.63, 3.8) is 0 Å². The summed E-state index contributed by atoms with van der Waals surface area (Å²) in [6, 6.07) is 0. The standard InChI is InChI=1S/C9H15N2O3/c10-8(12)2-1-6-3-4-14-7(5-6)9(11)13/h1,6-7H,2-5H2,(H2,10,12)(H2,11,13). The van der Waals surface area contributed by atoms with Crippen LogP contribution < -0.4 is 11.5 Å². The highest BCUT2D eigenvalue weighted by Crippen LogP contribution is 2.23. The van der Waals surface area contributed by atoms with Crippen molar-refractivity contribution >= 4 is 11.8 Å². The molecule has 2 amide bonds. The molecule has 1 heterocycles. The third-order valence-electron chi connectivity index (χ3n) is 2.29. The molecule has 1 saturated heterocycles. The Balaban J connectivity index is 2.32. The lowest BCUT2D eigenvalue weighted by Crippen LogP contribution is -2.37. The zero-order valence-corrected chi connectivity index (χ0v) is 7.94. The van der Waals surface area contributed by atoms with Gasteiger partial charge >= 0.3 is 0 Å². The first-order chi connectivity index (χ1) is 6.59. The lowest BCUT2D eigenvalue weighted by Gasteiger charge is -2.27. The Hall–Kier alpha value is -1.10. The van der Waals surface area contributed by atoms with Gasteiger partial charge in [-0.15, -0.1) is 0 Å². The molecule has 0 bridgehead atoms. The second-order valence-corrected chi connectivity index (χ2v) is 3.45. The smallest absolute Gasteiger partial charge is 0.246 e. The van der Waals surface area contributed by atoms with Crippen molar-refractivity contribution in [1.82, 2.24) is 0 Å². The molecule has 1 aliphatic rings. The fraction of sp³-hybridized carbons (Fsp3) is 0.667. The van der Waals surface area contributed by atoms with Crippen LogP contribution in [0.15, 0.2) is 0 Å². The molecule has 0 aliphatic carbocycles. The number of nitrogens with two attached hydrogens (primary N) is 2. The van der Waals surface area contributed by atoms with Gasteiger partial charge in [-0.3, -0.25) is 9.59 Å². The van der Waals surface area contributed by atoms with Crippen LogP contribution in [0.4, 0.5) is 0 Å². The van der Waals surface area contributed by atoms with E-state index in [9.17, 15) is 9.59 Å². The number of amides is 2. The molecule has 1 rings (SSSR count). The minimum atomic E-state index is -0.516. The van der Waals surface area contributed by atoms with E-state index in [4.69, 9.17) is 16.2 Å². The minimum absolute atomic E-state index is 0.203. The third kappa shape index (κ3) is 3.33. The van der Waals surface area contributed by atoms with E-state index in [0.29, 0.717) is 13.0 Å². The van der Waals surface area contributed by atoms with Crippen LogP contribution in [0, 0.1) is 12.3 Å². The molecule has 5 nitrogen and oxygen atoms in total. The van der Waals surface area contributed by atoms with Gasteiger partial charge in [-0.25, -0.2) is 0 Å². The molecule has 0 spiro atoms. The van der Waals surface area contributed by atoms with Crippen LogP contribution in [0.3, 0.4) is 0 Å². The second-order valence-electron chi connectivity index (χ2n) is 3.45. The summed E-state index contributed by atoms with van der Waals surface area (Å²) in [6.07, 6.45) is 2.94. The Kier molecular flexibility index (Phi) is 3.88. The largest absolute Gasteiger partial charge is 0.370 e. The lowest BCUT2D eigenvalue weighted by atomic mass is 9.91. The maximum atomic E-state index is 10.8. The highest BCUT2D eigenvalue weighted by Gasteiger charge is 2.26. The van der Waals surface area contributed by atoms with E-state index in [1.165, 1.54) is 0 Å². The molecule has 14 heavy (non-hydrogen) atoms. The van der Waals surface area contributed by atoms with Crippen LogP contribution in [0.5, 0.6) is 0 Å². The molecular weight excluding hydrogens is 184 g/mol. The van der Waals surface area contributed by atoms with Crippen molar-refractivity contribution in [2.45, 2.75) is 25.4 Å². The molecule has 79 valence electrons. The quantitative estimate of drug-likeness (QED) is 0.629. The monoisotopic (exact) mass is 199 g/mol. The summed E-state index contributed by atoms with van der Waals surface area (Å²) < 4.78 is 5.17. The first kappa shape index (κ1) is 11.0. The van der Waals surface area contributed by atoms with Gasteiger partial charge in [-0.1, -0.05) is 0 Å². The summed E-state index contributed by atoms with van der Waals surface area (Å²) in [7, 11) is 0. The molecule has 4 N–H and O–H groups in total. The SMILES string of the molecule is NC(=O)C[CH]C1CCOC(C(N)=O)C1. The van der Waals surface area contributed by atoms with Crippen LogP contribution in [0.1, 0.15) is 19.3 Å². The van der Waals surface area contributed by atoms with Gasteiger partial charge in [0.2, 0.25) is 11.8 Å². The highest BCUT2D eigenvalue weighted by atomic mass is 16.5. The molecule has 5 heteroatoms. The topological polar surface area (TPSA) is 95.4 Å². The number of ether oxygens (including phenoxy) is 1. The summed E-state index contributed by atoms with van der Waals surface area (Å²) in [5.74, 6) is -0.594. The van der Waals surface area contributed by atoms with Crippen LogP contribution in [-0.4, -0.2) is 24.5 Å². The molecule has 0 aromatic carbocycles. The van der Waals surface area contributed by atoms with Crippen molar-refractivity contribution in [3.05, 3.63) is 6.42 Å². The first-order valence-electron chi connectivity index (χ1n) is 4.62. The molecule has 1 radical (unpaired) electrons. The van der Waals surface area contributed by atoms with Gasteiger partial charge < -0.3 is 16.2 Å². The zero-order chi connectivity index (χ0) is 10.6. The van der Waals surface area contributed by atoms with Gasteiger partial charge in [0.05, 0.1) is 0 Å². The average Bonchev–Trinajstić information content (AvgIpc) is 2.15. The van der Waals surface area contributed by atoms with Crippen LogP contribution in [0.25, 0.3) is 0 Å². The highest BCUT2D eigenvalue weighted by molar-refractivity contribution is 5.79. The van der Waals surface area contributed by atoms with Crippen molar-refractivity contribution in [1.29, 1.82) is 0 Å². The fourth-order valence-electron chi connectivity index (χ4n) is 1.52. The molecule has 1 aliphatic heterocycles. The number of carbonyl (C=O) groups excluding carboxylic acids is 2. The van der Waals surface area contributed by atoms with E-state index in [1.54, 1.807) is 0 Å². The zero-order valence-electron chi connectivity index (χ0n) is 7.94. The Morgan fingerprint density at radius 3 is 2.71 bits per heavy atom. The Morgan fingerprint density at radius 2 is 2.14 bits per heavy atom. The van der Waals surface area contributed by atoms with Crippen molar-refractivity contribution in [3.8, 4) is 0 Å². The number of rotatable bonds is 4. The normalized spacial score (nSPS) is 27.1. The van der Waals surface area contributed by atoms with Crippen LogP contribution in [0.2, 0.25) is 0 Å². The van der Waals surface area contributed by atoms with E-state index >= 15 is 0 Å². The molecule has 0 saturated carbocycles. The predicted molar refractivity (Wildman–Crippen MR) is 49.8 cm³/mol. The average molecular weight is 199 g/mol. The molecule has 0 aromatic rings. The number of hydrogen-bond acceptors (Lipinski definition) is 3. The maximum absolute atomic E-state index is 10.8. The molecule has 2 atom stereocenters. The minimum Gasteiger partial charge on any atom is -0.370 e. The summed E-state index contributed by atoms with van der Waals surface area (Å²) in [5.41, 5.74) is 10.1. The van der Waals surface area contributed by atoms with Gasteiger partial charge in [0.15, 0.2) is 0 Å². The molecular formula is C9H15N2O3. The van der Waals surface area contributed by atoms with Gasteiger partial charge in [0, 0.05) is 13.0 Å². The summed E-state index contributed by atoms with van der Waals surface area (Å²) in [5, 5.41) is 0. The second kappa shape index (κ2) is 4.95. The number of carbonyl (C=O) groups is 2. The van der Waals surface area contributed by atoms with E-state index < -0.39 is 12.0 Å². The summed E-state index contributed by atoms with van der Waals surface area (Å²) in [6.45, 7) is 0.507. The van der Waals surface area contributed by atoms with Crippen molar-refractivity contribution in [2.75, 3.05) is 6.61 Å². The van der Waals surface area contributed by atoms with Gasteiger partial charge in [0.25, 0.3) is 0 Å². The Morgan fingerprint density at radius 1 is 1.43 bits per heavy atom. The Labute approximate surface area is 82.8 Å². The van der Waals surface area contributed by atoms with E-state index in [1.807, 2.05) is 6.42 Å². The first-order valence-corrected chi connectivity index (χ1v) is 4.62. The van der Waals surface area contributed by atoms with E-state index in [0.717, 1.165) is 6.42 Å². The molecule has 1 fully saturated rings. The lowest BCUT2D eigenvalue weighted by molar-refractivity contribution is -0.133. The molecule has 0 aromatic heterocycles.